The lowest BCUT2D eigenvalue weighted by molar-refractivity contribution is -0.226. The molecule has 6 nitrogen and oxygen atoms in total. The van der Waals surface area contributed by atoms with E-state index in [1.807, 2.05) is 6.92 Å². The van der Waals surface area contributed by atoms with Gasteiger partial charge < -0.3 is 19.7 Å². The summed E-state index contributed by atoms with van der Waals surface area (Å²) in [6.07, 6.45) is 6.19. The molecule has 12 atom stereocenters. The lowest BCUT2D eigenvalue weighted by Gasteiger charge is -2.69. The van der Waals surface area contributed by atoms with E-state index < -0.39 is 35.8 Å². The molecule has 2 N–H and O–H groups in total. The Morgan fingerprint density at radius 2 is 1.76 bits per heavy atom. The number of hydrogen-bond donors (Lipinski definition) is 2. The smallest absolute Gasteiger partial charge is 0.335 e. The fraction of sp³-hybridized carbons (Fsp3) is 0.871. The third-order valence-corrected chi connectivity index (χ3v) is 12.9. The molecule has 1 heterocycles. The average molecular weight is 515 g/mol. The van der Waals surface area contributed by atoms with Gasteiger partial charge in [-0.3, -0.25) is 4.79 Å². The number of carbonyl (C=O) groups excluding carboxylic acids is 2. The van der Waals surface area contributed by atoms with Crippen LogP contribution in [0, 0.1) is 45.3 Å². The molecule has 4 fully saturated rings. The Bertz CT molecular complexity index is 1050. The maximum atomic E-state index is 13.3. The summed E-state index contributed by atoms with van der Waals surface area (Å²) in [6.45, 7) is 12.9. The fourth-order valence-electron chi connectivity index (χ4n) is 11.3. The van der Waals surface area contributed by atoms with E-state index in [-0.39, 0.29) is 29.1 Å². The molecule has 0 aromatic carbocycles. The van der Waals surface area contributed by atoms with Crippen molar-refractivity contribution in [2.45, 2.75) is 124 Å². The van der Waals surface area contributed by atoms with Crippen molar-refractivity contribution < 1.29 is 29.3 Å². The molecule has 0 amide bonds. The van der Waals surface area contributed by atoms with Crippen LogP contribution in [0.15, 0.2) is 11.1 Å². The van der Waals surface area contributed by atoms with E-state index in [1.165, 1.54) is 32.1 Å². The maximum Gasteiger partial charge on any atom is 0.335 e. The number of esters is 2. The largest absolute Gasteiger partial charge is 0.461 e. The van der Waals surface area contributed by atoms with Crippen LogP contribution in [-0.2, 0) is 19.1 Å². The van der Waals surface area contributed by atoms with E-state index in [1.54, 1.807) is 6.92 Å². The highest BCUT2D eigenvalue weighted by molar-refractivity contribution is 5.94. The topological polar surface area (TPSA) is 93.1 Å². The van der Waals surface area contributed by atoms with Crippen LogP contribution < -0.4 is 0 Å². The van der Waals surface area contributed by atoms with E-state index in [0.717, 1.165) is 18.8 Å². The van der Waals surface area contributed by atoms with E-state index in [2.05, 4.69) is 27.7 Å². The van der Waals surface area contributed by atoms with Gasteiger partial charge >= 0.3 is 11.9 Å². The van der Waals surface area contributed by atoms with Crippen molar-refractivity contribution in [3.63, 3.8) is 0 Å². The number of aliphatic hydroxyl groups is 2. The van der Waals surface area contributed by atoms with E-state index in [9.17, 15) is 19.8 Å². The van der Waals surface area contributed by atoms with Crippen molar-refractivity contribution in [1.82, 2.24) is 0 Å². The number of rotatable bonds is 3. The molecular weight excluding hydrogens is 468 g/mol. The quantitative estimate of drug-likeness (QED) is 0.518. The van der Waals surface area contributed by atoms with Gasteiger partial charge in [0.2, 0.25) is 0 Å². The summed E-state index contributed by atoms with van der Waals surface area (Å²) >= 11 is 0. The summed E-state index contributed by atoms with van der Waals surface area (Å²) in [5.41, 5.74) is 1.07. The van der Waals surface area contributed by atoms with E-state index >= 15 is 0 Å². The summed E-state index contributed by atoms with van der Waals surface area (Å²) in [6, 6.07) is 0. The van der Waals surface area contributed by atoms with Crippen LogP contribution in [0.3, 0.4) is 0 Å². The second-order valence-electron chi connectivity index (χ2n) is 14.6. The van der Waals surface area contributed by atoms with Crippen molar-refractivity contribution in [2.75, 3.05) is 0 Å². The summed E-state index contributed by atoms with van der Waals surface area (Å²) in [4.78, 5) is 26.4. The van der Waals surface area contributed by atoms with Crippen LogP contribution >= 0.6 is 0 Å². The summed E-state index contributed by atoms with van der Waals surface area (Å²) in [5.74, 6) is 1.03. The van der Waals surface area contributed by atoms with Crippen molar-refractivity contribution >= 4 is 11.9 Å². The molecule has 0 saturated heterocycles. The number of carbonyl (C=O) groups is 2. The Morgan fingerprint density at radius 1 is 1.08 bits per heavy atom. The number of aliphatic hydroxyl groups excluding tert-OH is 2. The number of fused-ring (bicyclic) bond motifs is 7. The molecule has 0 radical (unpaired) electrons. The third-order valence-electron chi connectivity index (χ3n) is 12.9. The number of cyclic esters (lactones) is 1. The summed E-state index contributed by atoms with van der Waals surface area (Å²) in [7, 11) is 0. The van der Waals surface area contributed by atoms with Gasteiger partial charge in [-0.15, -0.1) is 0 Å². The normalized spacial score (nSPS) is 53.0. The zero-order chi connectivity index (χ0) is 26.7. The van der Waals surface area contributed by atoms with Gasteiger partial charge in [0.25, 0.3) is 0 Å². The van der Waals surface area contributed by atoms with Gasteiger partial charge in [0, 0.05) is 11.0 Å². The summed E-state index contributed by atoms with van der Waals surface area (Å²) < 4.78 is 12.0. The van der Waals surface area contributed by atoms with Gasteiger partial charge in [0.1, 0.15) is 12.2 Å². The minimum Gasteiger partial charge on any atom is -0.461 e. The van der Waals surface area contributed by atoms with Crippen LogP contribution in [-0.4, -0.2) is 46.6 Å². The third kappa shape index (κ3) is 3.30. The Morgan fingerprint density at radius 3 is 2.41 bits per heavy atom. The Labute approximate surface area is 221 Å². The molecule has 37 heavy (non-hydrogen) atoms. The van der Waals surface area contributed by atoms with Gasteiger partial charge in [0.15, 0.2) is 0 Å². The highest BCUT2D eigenvalue weighted by Crippen LogP contribution is 2.78. The fourth-order valence-corrected chi connectivity index (χ4v) is 11.3. The minimum atomic E-state index is -0.782. The molecule has 6 heteroatoms. The molecule has 6 aliphatic rings. The molecule has 206 valence electrons. The van der Waals surface area contributed by atoms with Crippen LogP contribution in [0.25, 0.3) is 0 Å². The SMILES string of the molecule is CC(O)CC(=O)O[C@H]1C[C@@H]2[C@@]3(C)CCC[C@@]4(C[C@@H]4C)[C@@H]3CC[C@@]2(C)[C@@H]2C[C@@H](O)C3=C(C(=O)O[C@@H]3C)[C@@]12C. The van der Waals surface area contributed by atoms with Crippen molar-refractivity contribution in [3.8, 4) is 0 Å². The zero-order valence-electron chi connectivity index (χ0n) is 23.5. The molecule has 0 bridgehead atoms. The van der Waals surface area contributed by atoms with Crippen molar-refractivity contribution in [2.24, 2.45) is 45.3 Å². The first-order valence-electron chi connectivity index (χ1n) is 14.8. The lowest BCUT2D eigenvalue weighted by atomic mass is 9.35. The first-order chi connectivity index (χ1) is 17.3. The molecule has 1 spiro atoms. The molecule has 1 unspecified atom stereocenters. The molecular formula is C31H46O6. The van der Waals surface area contributed by atoms with Gasteiger partial charge in [-0.1, -0.05) is 34.1 Å². The average Bonchev–Trinajstić information content (AvgIpc) is 3.30. The highest BCUT2D eigenvalue weighted by atomic mass is 16.6. The Balaban J connectivity index is 1.47. The van der Waals surface area contributed by atoms with Crippen LogP contribution in [0.4, 0.5) is 0 Å². The van der Waals surface area contributed by atoms with Gasteiger partial charge in [-0.25, -0.2) is 4.79 Å². The minimum absolute atomic E-state index is 0.00183. The Hall–Kier alpha value is -1.40. The first kappa shape index (κ1) is 25.9. The molecule has 4 saturated carbocycles. The lowest BCUT2D eigenvalue weighted by Crippen LogP contribution is -2.66. The van der Waals surface area contributed by atoms with Crippen molar-refractivity contribution in [1.29, 1.82) is 0 Å². The van der Waals surface area contributed by atoms with Crippen LogP contribution in [0.5, 0.6) is 0 Å². The van der Waals surface area contributed by atoms with Gasteiger partial charge in [-0.2, -0.15) is 0 Å². The summed E-state index contributed by atoms with van der Waals surface area (Å²) in [5, 5.41) is 21.3. The zero-order valence-corrected chi connectivity index (χ0v) is 23.5. The predicted molar refractivity (Wildman–Crippen MR) is 138 cm³/mol. The van der Waals surface area contributed by atoms with Crippen LogP contribution in [0.1, 0.15) is 99.3 Å². The molecule has 0 aromatic rings. The second-order valence-corrected chi connectivity index (χ2v) is 14.6. The van der Waals surface area contributed by atoms with E-state index in [0.29, 0.717) is 34.8 Å². The second kappa shape index (κ2) is 8.06. The monoisotopic (exact) mass is 514 g/mol. The molecule has 1 aliphatic heterocycles. The molecule has 5 aliphatic carbocycles. The number of hydrogen-bond acceptors (Lipinski definition) is 6. The predicted octanol–water partition coefficient (Wildman–Crippen LogP) is 4.95. The molecule has 6 rings (SSSR count). The molecule has 0 aromatic heterocycles. The standard InChI is InChI=1S/C31H46O6/c1-16-15-31(16)10-7-9-28(4)20(31)8-11-29(5)21(28)14-23(37-24(34)12-17(2)32)30(6)22(29)13-19(33)25-18(3)36-27(35)26(25)30/h16-23,32-33H,7-15H2,1-6H3/t16-,17?,18+,19+,20+,21+,22-,23-,28-,29+,30+,31-/m0/s1. The van der Waals surface area contributed by atoms with Gasteiger partial charge in [0.05, 0.1) is 24.2 Å². The number of ether oxygens (including phenoxy) is 2. The van der Waals surface area contributed by atoms with E-state index in [4.69, 9.17) is 9.47 Å². The van der Waals surface area contributed by atoms with Crippen molar-refractivity contribution in [3.05, 3.63) is 11.1 Å². The Kier molecular flexibility index (Phi) is 5.63. The van der Waals surface area contributed by atoms with Crippen LogP contribution in [0.2, 0.25) is 0 Å². The maximum absolute atomic E-state index is 13.3. The van der Waals surface area contributed by atoms with Gasteiger partial charge in [-0.05, 0) is 98.7 Å². The highest BCUT2D eigenvalue weighted by Gasteiger charge is 2.73. The first-order valence-corrected chi connectivity index (χ1v) is 14.8.